The SMILES string of the molecule is [2H]C1=C(Cl)c2nc1c(Cl)c1ccc([nH]1)c(Cl)c1nc(c(Cl)c3[nH]c(cc3Cl)c2Cl)C=C1. The van der Waals surface area contributed by atoms with Gasteiger partial charge in [-0.15, -0.1) is 0 Å². The van der Waals surface area contributed by atoms with Crippen molar-refractivity contribution in [3.05, 3.63) is 66.1 Å². The van der Waals surface area contributed by atoms with Crippen LogP contribution in [0.4, 0.5) is 0 Å². The first kappa shape index (κ1) is 19.1. The molecule has 0 radical (unpaired) electrons. The molecule has 3 aromatic rings. The lowest BCUT2D eigenvalue weighted by Crippen LogP contribution is -1.82. The second kappa shape index (κ2) is 7.49. The van der Waals surface area contributed by atoms with Crippen LogP contribution in [-0.4, -0.2) is 19.9 Å². The van der Waals surface area contributed by atoms with Crippen molar-refractivity contribution in [1.82, 2.24) is 19.9 Å². The topological polar surface area (TPSA) is 57.4 Å². The summed E-state index contributed by atoms with van der Waals surface area (Å²) in [6.07, 6.45) is 3.48. The molecule has 2 N–H and O–H groups in total. The van der Waals surface area contributed by atoms with E-state index in [1.807, 2.05) is 0 Å². The second-order valence-corrected chi connectivity index (χ2v) is 8.71. The first-order chi connectivity index (χ1) is 14.8. The number of nitrogens with zero attached hydrogens (tertiary/aromatic N) is 2. The summed E-state index contributed by atoms with van der Waals surface area (Å²) in [6, 6.07) is 5.02. The molecule has 5 rings (SSSR count). The van der Waals surface area contributed by atoms with Gasteiger partial charge in [0.1, 0.15) is 5.69 Å². The monoisotopic (exact) mass is 515 g/mol. The van der Waals surface area contributed by atoms with Crippen molar-refractivity contribution in [2.75, 3.05) is 0 Å². The molecule has 2 aliphatic heterocycles. The minimum Gasteiger partial charge on any atom is -0.353 e. The van der Waals surface area contributed by atoms with E-state index >= 15 is 0 Å². The van der Waals surface area contributed by atoms with Gasteiger partial charge in [-0.25, -0.2) is 9.97 Å². The first-order valence-corrected chi connectivity index (χ1v) is 10.7. The number of fused-ring (bicyclic) bond motifs is 8. The van der Waals surface area contributed by atoms with E-state index in [1.54, 1.807) is 30.4 Å². The van der Waals surface area contributed by atoms with E-state index in [2.05, 4.69) is 19.9 Å². The minimum atomic E-state index is -0.0558. The van der Waals surface area contributed by atoms with Crippen LogP contribution in [0.15, 0.2) is 18.2 Å². The van der Waals surface area contributed by atoms with Gasteiger partial charge in [0, 0.05) is 0 Å². The maximum Gasteiger partial charge on any atom is 0.103 e. The van der Waals surface area contributed by atoms with Crippen LogP contribution in [0.5, 0.6) is 0 Å². The average Bonchev–Trinajstić information content (AvgIpc) is 3.53. The van der Waals surface area contributed by atoms with Gasteiger partial charge in [0.2, 0.25) is 0 Å². The highest BCUT2D eigenvalue weighted by molar-refractivity contribution is 6.54. The third-order valence-corrected chi connectivity index (χ3v) is 6.67. The number of hydrogen-bond acceptors (Lipinski definition) is 2. The zero-order valence-electron chi connectivity index (χ0n) is 15.5. The molecule has 0 amide bonds. The fourth-order valence-corrected chi connectivity index (χ4v) is 4.57. The Balaban J connectivity index is 2.03. The Hall–Kier alpha value is -1.66. The van der Waals surface area contributed by atoms with E-state index in [-0.39, 0.29) is 37.5 Å². The summed E-state index contributed by atoms with van der Waals surface area (Å²) in [5.74, 6) is 0. The molecule has 10 heteroatoms. The summed E-state index contributed by atoms with van der Waals surface area (Å²) >= 11 is 39.0. The van der Waals surface area contributed by atoms with E-state index < -0.39 is 0 Å². The van der Waals surface area contributed by atoms with E-state index in [9.17, 15) is 0 Å². The molecule has 0 fully saturated rings. The number of nitrogens with one attached hydrogen (secondary N) is 2. The van der Waals surface area contributed by atoms with Gasteiger partial charge < -0.3 is 9.97 Å². The molecule has 5 heterocycles. The highest BCUT2D eigenvalue weighted by Crippen LogP contribution is 2.38. The predicted octanol–water partition coefficient (Wildman–Crippen LogP) is 8.49. The molecular formula is C20H8Cl6N4. The standard InChI is InChI=1S/C20H8Cl6N4/c21-7-5-13-16(24)11-2-1-9(27-11)15(23)10-3-4-12(28-10)17(25)19-8(22)6-14(30-19)18(26)20(7)29-13/h1-6,27,30H/i5D. The molecule has 0 aliphatic carbocycles. The number of hydrogen-bond donors (Lipinski definition) is 2. The fraction of sp³-hybridized carbons (Fsp3) is 0. The van der Waals surface area contributed by atoms with Gasteiger partial charge in [-0.3, -0.25) is 0 Å². The normalized spacial score (nSPS) is 13.9. The Bertz CT molecular complexity index is 1520. The molecule has 0 saturated heterocycles. The van der Waals surface area contributed by atoms with E-state index in [1.165, 1.54) is 0 Å². The molecule has 0 aromatic carbocycles. The van der Waals surface area contributed by atoms with Crippen molar-refractivity contribution in [2.24, 2.45) is 0 Å². The van der Waals surface area contributed by atoms with Crippen LogP contribution in [0.25, 0.3) is 45.3 Å². The zero-order chi connectivity index (χ0) is 22.0. The number of aromatic amines is 2. The van der Waals surface area contributed by atoms with Gasteiger partial charge in [-0.1, -0.05) is 69.6 Å². The molecule has 30 heavy (non-hydrogen) atoms. The van der Waals surface area contributed by atoms with Crippen molar-refractivity contribution in [2.45, 2.75) is 0 Å². The van der Waals surface area contributed by atoms with Crippen molar-refractivity contribution >= 4 is 115 Å². The summed E-state index contributed by atoms with van der Waals surface area (Å²) in [6.45, 7) is 0. The van der Waals surface area contributed by atoms with Crippen molar-refractivity contribution in [3.8, 4) is 0 Å². The molecule has 0 unspecified atom stereocenters. The highest BCUT2D eigenvalue weighted by Gasteiger charge is 2.18. The van der Waals surface area contributed by atoms with Crippen LogP contribution < -0.4 is 0 Å². The first-order valence-electron chi connectivity index (χ1n) is 8.93. The lowest BCUT2D eigenvalue weighted by Gasteiger charge is -1.95. The Kier molecular flexibility index (Phi) is 4.75. The van der Waals surface area contributed by atoms with Crippen LogP contribution in [0, 0.1) is 0 Å². The largest absolute Gasteiger partial charge is 0.353 e. The van der Waals surface area contributed by atoms with Crippen LogP contribution in [0.2, 0.25) is 25.1 Å². The molecule has 2 aliphatic rings. The number of H-pyrrole nitrogens is 2. The van der Waals surface area contributed by atoms with Gasteiger partial charge in [0.25, 0.3) is 0 Å². The van der Waals surface area contributed by atoms with Crippen molar-refractivity contribution < 1.29 is 1.37 Å². The smallest absolute Gasteiger partial charge is 0.103 e. The summed E-state index contributed by atoms with van der Waals surface area (Å²) in [5.41, 5.74) is 3.29. The molecule has 8 bridgehead atoms. The van der Waals surface area contributed by atoms with Crippen LogP contribution in [-0.2, 0) is 0 Å². The molecule has 150 valence electrons. The van der Waals surface area contributed by atoms with Gasteiger partial charge in [-0.2, -0.15) is 0 Å². The third-order valence-electron chi connectivity index (χ3n) is 4.55. The molecule has 0 saturated carbocycles. The maximum atomic E-state index is 8.36. The number of halogens is 6. The zero-order valence-corrected chi connectivity index (χ0v) is 19.1. The average molecular weight is 518 g/mol. The van der Waals surface area contributed by atoms with Crippen LogP contribution in [0.3, 0.4) is 0 Å². The summed E-state index contributed by atoms with van der Waals surface area (Å²) in [5, 5.41) is 1.41. The van der Waals surface area contributed by atoms with Crippen molar-refractivity contribution in [3.63, 3.8) is 0 Å². The lowest BCUT2D eigenvalue weighted by molar-refractivity contribution is 1.31. The van der Waals surface area contributed by atoms with E-state index in [0.29, 0.717) is 43.5 Å². The Morgan fingerprint density at radius 2 is 1.33 bits per heavy atom. The Morgan fingerprint density at radius 1 is 0.700 bits per heavy atom. The van der Waals surface area contributed by atoms with Crippen molar-refractivity contribution in [1.29, 1.82) is 0 Å². The third kappa shape index (κ3) is 3.23. The van der Waals surface area contributed by atoms with Crippen LogP contribution >= 0.6 is 69.6 Å². The number of rotatable bonds is 0. The highest BCUT2D eigenvalue weighted by atomic mass is 35.5. The molecular weight excluding hydrogens is 509 g/mol. The molecule has 4 nitrogen and oxygen atoms in total. The predicted molar refractivity (Wildman–Crippen MR) is 129 cm³/mol. The van der Waals surface area contributed by atoms with E-state index in [4.69, 9.17) is 71.0 Å². The van der Waals surface area contributed by atoms with Gasteiger partial charge in [0.05, 0.1) is 70.7 Å². The maximum absolute atomic E-state index is 8.36. The lowest BCUT2D eigenvalue weighted by atomic mass is 10.3. The molecule has 0 spiro atoms. The summed E-state index contributed by atoms with van der Waals surface area (Å²) in [4.78, 5) is 15.1. The molecule has 3 aromatic heterocycles. The Labute approximate surface area is 201 Å². The fourth-order valence-electron chi connectivity index (χ4n) is 3.09. The quantitative estimate of drug-likeness (QED) is 0.245. The second-order valence-electron chi connectivity index (χ2n) is 6.41. The van der Waals surface area contributed by atoms with Gasteiger partial charge >= 0.3 is 0 Å². The van der Waals surface area contributed by atoms with Gasteiger partial charge in [-0.05, 0) is 36.4 Å². The molecule has 0 atom stereocenters. The Morgan fingerprint density at radius 3 is 2.03 bits per heavy atom. The van der Waals surface area contributed by atoms with Crippen LogP contribution in [0.1, 0.15) is 24.1 Å². The minimum absolute atomic E-state index is 0.0558. The number of aromatic nitrogens is 4. The van der Waals surface area contributed by atoms with E-state index in [0.717, 1.165) is 0 Å². The summed E-state index contributed by atoms with van der Waals surface area (Å²) < 4.78 is 8.36. The summed E-state index contributed by atoms with van der Waals surface area (Å²) in [7, 11) is 0. The van der Waals surface area contributed by atoms with Gasteiger partial charge in [0.15, 0.2) is 0 Å².